The third-order valence-corrected chi connectivity index (χ3v) is 2.87. The number of nitrogens with zero attached hydrogens (tertiary/aromatic N) is 1. The van der Waals surface area contributed by atoms with Crippen molar-refractivity contribution in [3.63, 3.8) is 0 Å². The number of carbonyl (C=O) groups is 1. The molecule has 0 heterocycles. The summed E-state index contributed by atoms with van der Waals surface area (Å²) < 4.78 is 5.33. The summed E-state index contributed by atoms with van der Waals surface area (Å²) in [7, 11) is 0. The Hall–Kier alpha value is -1.76. The first kappa shape index (κ1) is 14.3. The van der Waals surface area contributed by atoms with Crippen molar-refractivity contribution in [1.29, 1.82) is 0 Å². The lowest BCUT2D eigenvalue weighted by molar-refractivity contribution is -0.385. The van der Waals surface area contributed by atoms with Gasteiger partial charge < -0.3 is 9.84 Å². The molecule has 1 rings (SSSR count). The van der Waals surface area contributed by atoms with Gasteiger partial charge in [0, 0.05) is 11.0 Å². The zero-order valence-electron chi connectivity index (χ0n) is 9.79. The SMILES string of the molecule is CCCOc1cc(SCC(=O)O)cc([N+](=O)[O-])c1. The fourth-order valence-corrected chi connectivity index (χ4v) is 1.89. The Labute approximate surface area is 108 Å². The summed E-state index contributed by atoms with van der Waals surface area (Å²) in [4.78, 5) is 21.2. The highest BCUT2D eigenvalue weighted by atomic mass is 32.2. The number of benzene rings is 1. The third-order valence-electron chi connectivity index (χ3n) is 1.91. The van der Waals surface area contributed by atoms with Crippen LogP contribution in [0.2, 0.25) is 0 Å². The van der Waals surface area contributed by atoms with Crippen molar-refractivity contribution in [3.8, 4) is 5.75 Å². The van der Waals surface area contributed by atoms with Crippen LogP contribution in [0.15, 0.2) is 23.1 Å². The van der Waals surface area contributed by atoms with E-state index < -0.39 is 10.9 Å². The van der Waals surface area contributed by atoms with Crippen molar-refractivity contribution in [1.82, 2.24) is 0 Å². The first-order chi connectivity index (χ1) is 8.52. The largest absolute Gasteiger partial charge is 0.493 e. The number of ether oxygens (including phenoxy) is 1. The summed E-state index contributed by atoms with van der Waals surface area (Å²) in [5.41, 5.74) is -0.100. The van der Waals surface area contributed by atoms with E-state index in [2.05, 4.69) is 0 Å². The van der Waals surface area contributed by atoms with E-state index in [0.717, 1.165) is 18.2 Å². The highest BCUT2D eigenvalue weighted by Crippen LogP contribution is 2.29. The number of hydrogen-bond acceptors (Lipinski definition) is 5. The highest BCUT2D eigenvalue weighted by Gasteiger charge is 2.11. The number of nitro groups is 1. The maximum atomic E-state index is 10.7. The second-order valence-electron chi connectivity index (χ2n) is 3.45. The van der Waals surface area contributed by atoms with Crippen LogP contribution in [0.4, 0.5) is 5.69 Å². The van der Waals surface area contributed by atoms with E-state index in [1.165, 1.54) is 12.1 Å². The Balaban J connectivity index is 2.90. The Morgan fingerprint density at radius 3 is 2.78 bits per heavy atom. The van der Waals surface area contributed by atoms with Crippen LogP contribution in [0, 0.1) is 10.1 Å². The number of hydrogen-bond donors (Lipinski definition) is 1. The maximum absolute atomic E-state index is 10.7. The Morgan fingerprint density at radius 2 is 2.22 bits per heavy atom. The van der Waals surface area contributed by atoms with E-state index in [1.807, 2.05) is 6.92 Å². The molecule has 1 N–H and O–H groups in total. The van der Waals surface area contributed by atoms with Crippen LogP contribution in [-0.2, 0) is 4.79 Å². The van der Waals surface area contributed by atoms with Crippen LogP contribution >= 0.6 is 11.8 Å². The predicted molar refractivity (Wildman–Crippen MR) is 67.2 cm³/mol. The number of aliphatic carboxylic acids is 1. The molecule has 1 aromatic carbocycles. The van der Waals surface area contributed by atoms with Crippen LogP contribution < -0.4 is 4.74 Å². The molecule has 0 fully saturated rings. The molecule has 98 valence electrons. The van der Waals surface area contributed by atoms with Gasteiger partial charge in [-0.3, -0.25) is 14.9 Å². The molecule has 0 bridgehead atoms. The molecule has 0 atom stereocenters. The van der Waals surface area contributed by atoms with Gasteiger partial charge in [-0.1, -0.05) is 6.92 Å². The molecule has 0 amide bonds. The summed E-state index contributed by atoms with van der Waals surface area (Å²) in [6.07, 6.45) is 0.792. The van der Waals surface area contributed by atoms with Gasteiger partial charge in [0.1, 0.15) is 5.75 Å². The zero-order valence-corrected chi connectivity index (χ0v) is 10.6. The molecule has 6 nitrogen and oxygen atoms in total. The molecular formula is C11H13NO5S. The smallest absolute Gasteiger partial charge is 0.313 e. The molecule has 7 heteroatoms. The lowest BCUT2D eigenvalue weighted by Gasteiger charge is -2.06. The van der Waals surface area contributed by atoms with Crippen molar-refractivity contribution < 1.29 is 19.6 Å². The standard InChI is InChI=1S/C11H13NO5S/c1-2-3-17-9-4-8(12(15)16)5-10(6-9)18-7-11(13)14/h4-6H,2-3,7H2,1H3,(H,13,14). The lowest BCUT2D eigenvalue weighted by atomic mass is 10.3. The van der Waals surface area contributed by atoms with E-state index in [9.17, 15) is 14.9 Å². The molecule has 0 unspecified atom stereocenters. The average molecular weight is 271 g/mol. The topological polar surface area (TPSA) is 89.7 Å². The average Bonchev–Trinajstić information content (AvgIpc) is 2.33. The summed E-state index contributed by atoms with van der Waals surface area (Å²) in [6, 6.07) is 4.28. The van der Waals surface area contributed by atoms with Gasteiger partial charge in [0.25, 0.3) is 5.69 Å². The second-order valence-corrected chi connectivity index (χ2v) is 4.50. The van der Waals surface area contributed by atoms with Gasteiger partial charge in [-0.05, 0) is 12.5 Å². The van der Waals surface area contributed by atoms with E-state index in [4.69, 9.17) is 9.84 Å². The van der Waals surface area contributed by atoms with Crippen LogP contribution in [0.25, 0.3) is 0 Å². The minimum atomic E-state index is -0.970. The van der Waals surface area contributed by atoms with Gasteiger partial charge in [0.05, 0.1) is 23.3 Å². The number of nitro benzene ring substituents is 1. The molecule has 0 spiro atoms. The number of non-ortho nitro benzene ring substituents is 1. The number of thioether (sulfide) groups is 1. The fraction of sp³-hybridized carbons (Fsp3) is 0.364. The van der Waals surface area contributed by atoms with Crippen molar-refractivity contribution >= 4 is 23.4 Å². The third kappa shape index (κ3) is 4.62. The lowest BCUT2D eigenvalue weighted by Crippen LogP contribution is -1.99. The van der Waals surface area contributed by atoms with Gasteiger partial charge in [0.2, 0.25) is 0 Å². The molecule has 0 aliphatic rings. The van der Waals surface area contributed by atoms with E-state index in [0.29, 0.717) is 17.3 Å². The molecule has 0 aromatic heterocycles. The van der Waals surface area contributed by atoms with Gasteiger partial charge in [-0.25, -0.2) is 0 Å². The van der Waals surface area contributed by atoms with Gasteiger partial charge >= 0.3 is 5.97 Å². The monoisotopic (exact) mass is 271 g/mol. The summed E-state index contributed by atoms with van der Waals surface area (Å²) in [5, 5.41) is 19.3. The minimum Gasteiger partial charge on any atom is -0.493 e. The number of rotatable bonds is 7. The molecule has 0 aliphatic heterocycles. The fourth-order valence-electron chi connectivity index (χ4n) is 1.19. The van der Waals surface area contributed by atoms with Crippen molar-refractivity contribution in [2.75, 3.05) is 12.4 Å². The molecule has 1 aromatic rings. The Morgan fingerprint density at radius 1 is 1.50 bits per heavy atom. The van der Waals surface area contributed by atoms with E-state index in [-0.39, 0.29) is 11.4 Å². The first-order valence-electron chi connectivity index (χ1n) is 5.29. The van der Waals surface area contributed by atoms with Crippen molar-refractivity contribution in [2.24, 2.45) is 0 Å². The minimum absolute atomic E-state index is 0.100. The van der Waals surface area contributed by atoms with E-state index in [1.54, 1.807) is 6.07 Å². The summed E-state index contributed by atoms with van der Waals surface area (Å²) in [5.74, 6) is -0.726. The van der Waals surface area contributed by atoms with Gasteiger partial charge in [-0.2, -0.15) is 0 Å². The van der Waals surface area contributed by atoms with Crippen molar-refractivity contribution in [3.05, 3.63) is 28.3 Å². The normalized spacial score (nSPS) is 10.1. The van der Waals surface area contributed by atoms with Crippen LogP contribution in [0.1, 0.15) is 13.3 Å². The Kier molecular flexibility index (Phi) is 5.44. The summed E-state index contributed by atoms with van der Waals surface area (Å²) in [6.45, 7) is 2.39. The zero-order chi connectivity index (χ0) is 13.5. The molecule has 0 radical (unpaired) electrons. The van der Waals surface area contributed by atoms with Crippen LogP contribution in [0.3, 0.4) is 0 Å². The number of carboxylic acid groups (broad SMARTS) is 1. The molecule has 0 aliphatic carbocycles. The molecule has 0 saturated heterocycles. The van der Waals surface area contributed by atoms with Gasteiger partial charge in [0.15, 0.2) is 0 Å². The van der Waals surface area contributed by atoms with Crippen LogP contribution in [-0.4, -0.2) is 28.4 Å². The molecule has 0 saturated carbocycles. The highest BCUT2D eigenvalue weighted by molar-refractivity contribution is 8.00. The first-order valence-corrected chi connectivity index (χ1v) is 6.28. The second kappa shape index (κ2) is 6.85. The van der Waals surface area contributed by atoms with Crippen molar-refractivity contribution in [2.45, 2.75) is 18.2 Å². The molecule has 18 heavy (non-hydrogen) atoms. The van der Waals surface area contributed by atoms with E-state index >= 15 is 0 Å². The van der Waals surface area contributed by atoms with Gasteiger partial charge in [-0.15, -0.1) is 11.8 Å². The molecular weight excluding hydrogens is 258 g/mol. The quantitative estimate of drug-likeness (QED) is 0.465. The Bertz CT molecular complexity index is 449. The number of carboxylic acids is 1. The summed E-state index contributed by atoms with van der Waals surface area (Å²) >= 11 is 1.02. The van der Waals surface area contributed by atoms with Crippen LogP contribution in [0.5, 0.6) is 5.75 Å². The maximum Gasteiger partial charge on any atom is 0.313 e. The predicted octanol–water partition coefficient (Wildman–Crippen LogP) is 2.56.